The summed E-state index contributed by atoms with van der Waals surface area (Å²) in [6.07, 6.45) is 2.14. The molecule has 0 saturated carbocycles. The first-order chi connectivity index (χ1) is 11.6. The minimum Gasteiger partial charge on any atom is -0.466 e. The number of hydrogen-bond acceptors (Lipinski definition) is 7. The SMILES string of the molecule is CCOC(=O)Cc1csc(SCC(=O)Nc2ccccc2SC)n1. The molecule has 0 bridgehead atoms. The minimum atomic E-state index is -0.286. The van der Waals surface area contributed by atoms with Gasteiger partial charge in [-0.1, -0.05) is 23.9 Å². The third-order valence-electron chi connectivity index (χ3n) is 2.87. The monoisotopic (exact) mass is 382 g/mol. The number of anilines is 1. The van der Waals surface area contributed by atoms with Gasteiger partial charge in [-0.2, -0.15) is 0 Å². The lowest BCUT2D eigenvalue weighted by Gasteiger charge is -2.08. The molecule has 0 aliphatic heterocycles. The lowest BCUT2D eigenvalue weighted by molar-refractivity contribution is -0.142. The van der Waals surface area contributed by atoms with Crippen LogP contribution in [0, 0.1) is 0 Å². The number of esters is 1. The number of benzene rings is 1. The summed E-state index contributed by atoms with van der Waals surface area (Å²) in [5, 5.41) is 4.73. The number of amides is 1. The fourth-order valence-corrected chi connectivity index (χ4v) is 4.06. The molecule has 24 heavy (non-hydrogen) atoms. The number of aromatic nitrogens is 1. The number of thioether (sulfide) groups is 2. The van der Waals surface area contributed by atoms with E-state index >= 15 is 0 Å². The second kappa shape index (κ2) is 9.71. The van der Waals surface area contributed by atoms with Gasteiger partial charge in [0.25, 0.3) is 0 Å². The fraction of sp³-hybridized carbons (Fsp3) is 0.312. The Morgan fingerprint density at radius 2 is 2.12 bits per heavy atom. The minimum absolute atomic E-state index is 0.0800. The van der Waals surface area contributed by atoms with E-state index < -0.39 is 0 Å². The molecule has 2 rings (SSSR count). The van der Waals surface area contributed by atoms with E-state index in [9.17, 15) is 9.59 Å². The molecule has 1 N–H and O–H groups in total. The van der Waals surface area contributed by atoms with Gasteiger partial charge in [0.2, 0.25) is 5.91 Å². The third kappa shape index (κ3) is 5.85. The first-order valence-corrected chi connectivity index (χ1v) is 10.4. The van der Waals surface area contributed by atoms with Crippen molar-refractivity contribution in [2.75, 3.05) is 23.9 Å². The number of ether oxygens (including phenoxy) is 1. The van der Waals surface area contributed by atoms with E-state index in [2.05, 4.69) is 10.3 Å². The standard InChI is InChI=1S/C16H18N2O3S3/c1-3-21-15(20)8-11-9-23-16(17-11)24-10-14(19)18-12-6-4-5-7-13(12)22-2/h4-7,9H,3,8,10H2,1-2H3,(H,18,19). The molecule has 5 nitrogen and oxygen atoms in total. The highest BCUT2D eigenvalue weighted by Gasteiger charge is 2.11. The Labute approximate surface area is 153 Å². The fourth-order valence-electron chi connectivity index (χ4n) is 1.86. The Balaban J connectivity index is 1.84. The topological polar surface area (TPSA) is 68.3 Å². The third-order valence-corrected chi connectivity index (χ3v) is 5.73. The lowest BCUT2D eigenvalue weighted by atomic mass is 10.3. The summed E-state index contributed by atoms with van der Waals surface area (Å²) >= 11 is 4.37. The number of nitrogens with one attached hydrogen (secondary N) is 1. The van der Waals surface area contributed by atoms with E-state index in [1.807, 2.05) is 35.9 Å². The van der Waals surface area contributed by atoms with Crippen LogP contribution in [-0.4, -0.2) is 35.5 Å². The van der Waals surface area contributed by atoms with Crippen LogP contribution in [0.2, 0.25) is 0 Å². The number of thiazole rings is 1. The molecule has 1 aromatic heterocycles. The van der Waals surface area contributed by atoms with Crippen molar-refractivity contribution in [3.63, 3.8) is 0 Å². The Morgan fingerprint density at radius 3 is 2.88 bits per heavy atom. The summed E-state index contributed by atoms with van der Waals surface area (Å²) in [4.78, 5) is 28.9. The van der Waals surface area contributed by atoms with Gasteiger partial charge in [0.05, 0.1) is 30.2 Å². The summed E-state index contributed by atoms with van der Waals surface area (Å²) in [7, 11) is 0. The number of carbonyl (C=O) groups excluding carboxylic acids is 2. The van der Waals surface area contributed by atoms with Crippen molar-refractivity contribution in [3.05, 3.63) is 35.3 Å². The summed E-state index contributed by atoms with van der Waals surface area (Å²) in [5.74, 6) is -0.0934. The number of carbonyl (C=O) groups is 2. The van der Waals surface area contributed by atoms with E-state index in [4.69, 9.17) is 4.74 Å². The van der Waals surface area contributed by atoms with Gasteiger partial charge in [0.15, 0.2) is 4.34 Å². The van der Waals surface area contributed by atoms with Crippen molar-refractivity contribution < 1.29 is 14.3 Å². The summed E-state index contributed by atoms with van der Waals surface area (Å²) in [5.41, 5.74) is 1.49. The quantitative estimate of drug-likeness (QED) is 0.555. The normalized spacial score (nSPS) is 10.4. The molecule has 1 heterocycles. The number of hydrogen-bond donors (Lipinski definition) is 1. The average Bonchev–Trinajstić information content (AvgIpc) is 3.01. The Bertz CT molecular complexity index is 703. The van der Waals surface area contributed by atoms with Crippen LogP contribution in [0.3, 0.4) is 0 Å². The molecule has 0 aliphatic rings. The van der Waals surface area contributed by atoms with Crippen molar-refractivity contribution in [2.24, 2.45) is 0 Å². The maximum Gasteiger partial charge on any atom is 0.311 e. The van der Waals surface area contributed by atoms with E-state index in [1.54, 1.807) is 18.7 Å². The molecule has 0 radical (unpaired) electrons. The zero-order chi connectivity index (χ0) is 17.4. The van der Waals surface area contributed by atoms with Crippen molar-refractivity contribution in [1.29, 1.82) is 0 Å². The van der Waals surface area contributed by atoms with Crippen molar-refractivity contribution in [1.82, 2.24) is 4.98 Å². The maximum atomic E-state index is 12.1. The van der Waals surface area contributed by atoms with Gasteiger partial charge >= 0.3 is 5.97 Å². The van der Waals surface area contributed by atoms with Gasteiger partial charge in [-0.15, -0.1) is 23.1 Å². The number of rotatable bonds is 8. The van der Waals surface area contributed by atoms with Gasteiger partial charge in [-0.05, 0) is 25.3 Å². The molecule has 8 heteroatoms. The summed E-state index contributed by atoms with van der Waals surface area (Å²) in [6.45, 7) is 2.14. The predicted octanol–water partition coefficient (Wildman–Crippen LogP) is 3.70. The molecule has 1 amide bonds. The molecule has 2 aromatic rings. The second-order valence-electron chi connectivity index (χ2n) is 4.62. The van der Waals surface area contributed by atoms with Gasteiger partial charge < -0.3 is 10.1 Å². The average molecular weight is 383 g/mol. The second-order valence-corrected chi connectivity index (χ2v) is 7.55. The van der Waals surface area contributed by atoms with Gasteiger partial charge in [0.1, 0.15) is 0 Å². The molecule has 0 aliphatic carbocycles. The highest BCUT2D eigenvalue weighted by molar-refractivity contribution is 8.01. The summed E-state index contributed by atoms with van der Waals surface area (Å²) < 4.78 is 5.66. The number of nitrogens with zero attached hydrogens (tertiary/aromatic N) is 1. The molecule has 0 unspecified atom stereocenters. The van der Waals surface area contributed by atoms with Crippen molar-refractivity contribution in [3.8, 4) is 0 Å². The van der Waals surface area contributed by atoms with Crippen molar-refractivity contribution in [2.45, 2.75) is 22.6 Å². The molecule has 0 fully saturated rings. The molecular weight excluding hydrogens is 364 g/mol. The number of para-hydroxylation sites is 1. The van der Waals surface area contributed by atoms with Gasteiger partial charge in [-0.25, -0.2) is 4.98 Å². The zero-order valence-electron chi connectivity index (χ0n) is 13.4. The molecule has 0 atom stereocenters. The Morgan fingerprint density at radius 1 is 1.33 bits per heavy atom. The van der Waals surface area contributed by atoms with Crippen LogP contribution in [0.15, 0.2) is 38.9 Å². The smallest absolute Gasteiger partial charge is 0.311 e. The largest absolute Gasteiger partial charge is 0.466 e. The molecule has 0 spiro atoms. The van der Waals surface area contributed by atoms with Crippen LogP contribution in [0.1, 0.15) is 12.6 Å². The van der Waals surface area contributed by atoms with E-state index in [0.29, 0.717) is 12.3 Å². The van der Waals surface area contributed by atoms with E-state index in [1.165, 1.54) is 23.1 Å². The molecule has 128 valence electrons. The zero-order valence-corrected chi connectivity index (χ0v) is 15.9. The first kappa shape index (κ1) is 18.8. The van der Waals surface area contributed by atoms with Crippen LogP contribution in [-0.2, 0) is 20.7 Å². The van der Waals surface area contributed by atoms with Crippen LogP contribution in [0.5, 0.6) is 0 Å². The Kier molecular flexibility index (Phi) is 7.61. The molecule has 0 saturated heterocycles. The van der Waals surface area contributed by atoms with E-state index in [-0.39, 0.29) is 24.1 Å². The van der Waals surface area contributed by atoms with Crippen LogP contribution < -0.4 is 5.32 Å². The maximum absolute atomic E-state index is 12.1. The highest BCUT2D eigenvalue weighted by Crippen LogP contribution is 2.26. The Hall–Kier alpha value is -1.51. The van der Waals surface area contributed by atoms with Crippen LogP contribution in [0.4, 0.5) is 5.69 Å². The molecule has 1 aromatic carbocycles. The van der Waals surface area contributed by atoms with Crippen LogP contribution >= 0.6 is 34.9 Å². The van der Waals surface area contributed by atoms with Gasteiger partial charge in [0, 0.05) is 10.3 Å². The predicted molar refractivity (Wildman–Crippen MR) is 100 cm³/mol. The first-order valence-electron chi connectivity index (χ1n) is 7.28. The van der Waals surface area contributed by atoms with Gasteiger partial charge in [-0.3, -0.25) is 9.59 Å². The van der Waals surface area contributed by atoms with Crippen LogP contribution in [0.25, 0.3) is 0 Å². The lowest BCUT2D eigenvalue weighted by Crippen LogP contribution is -2.14. The van der Waals surface area contributed by atoms with Crippen molar-refractivity contribution >= 4 is 52.4 Å². The molecular formula is C16H18N2O3S3. The van der Waals surface area contributed by atoms with E-state index in [0.717, 1.165) is 14.9 Å². The summed E-state index contributed by atoms with van der Waals surface area (Å²) in [6, 6.07) is 7.69. The highest BCUT2D eigenvalue weighted by atomic mass is 32.2.